The minimum atomic E-state index is 0.0185. The molecule has 4 heteroatoms. The molecule has 2 N–H and O–H groups in total. The molecule has 1 saturated carbocycles. The SMILES string of the molecule is CCN(C(=O)c1cccnc1N)C1CCCC1. The first-order chi connectivity index (χ1) is 8.24. The Kier molecular flexibility index (Phi) is 3.61. The largest absolute Gasteiger partial charge is 0.383 e. The highest BCUT2D eigenvalue weighted by molar-refractivity contribution is 5.98. The van der Waals surface area contributed by atoms with E-state index in [2.05, 4.69) is 4.98 Å². The first-order valence-electron chi connectivity index (χ1n) is 6.25. The number of aromatic nitrogens is 1. The van der Waals surface area contributed by atoms with Gasteiger partial charge in [0, 0.05) is 18.8 Å². The zero-order valence-corrected chi connectivity index (χ0v) is 10.2. The molecule has 0 saturated heterocycles. The van der Waals surface area contributed by atoms with Crippen LogP contribution in [-0.2, 0) is 0 Å². The summed E-state index contributed by atoms with van der Waals surface area (Å²) in [6.45, 7) is 2.75. The van der Waals surface area contributed by atoms with Crippen LogP contribution in [0, 0.1) is 0 Å². The zero-order chi connectivity index (χ0) is 12.3. The van der Waals surface area contributed by atoms with Crippen LogP contribution in [0.4, 0.5) is 5.82 Å². The summed E-state index contributed by atoms with van der Waals surface area (Å²) in [6, 6.07) is 3.89. The molecule has 0 unspecified atom stereocenters. The van der Waals surface area contributed by atoms with Gasteiger partial charge >= 0.3 is 0 Å². The van der Waals surface area contributed by atoms with E-state index in [1.165, 1.54) is 12.8 Å². The lowest BCUT2D eigenvalue weighted by Crippen LogP contribution is -2.39. The van der Waals surface area contributed by atoms with Crippen molar-refractivity contribution in [3.63, 3.8) is 0 Å². The summed E-state index contributed by atoms with van der Waals surface area (Å²) in [4.78, 5) is 18.3. The van der Waals surface area contributed by atoms with Crippen molar-refractivity contribution in [3.05, 3.63) is 23.9 Å². The van der Waals surface area contributed by atoms with Crippen molar-refractivity contribution in [3.8, 4) is 0 Å². The Hall–Kier alpha value is -1.58. The van der Waals surface area contributed by atoms with Gasteiger partial charge in [-0.25, -0.2) is 4.98 Å². The fraction of sp³-hybridized carbons (Fsp3) is 0.538. The third-order valence-electron chi connectivity index (χ3n) is 3.44. The van der Waals surface area contributed by atoms with Crippen LogP contribution in [0.15, 0.2) is 18.3 Å². The van der Waals surface area contributed by atoms with Crippen LogP contribution < -0.4 is 5.73 Å². The molecule has 0 bridgehead atoms. The highest BCUT2D eigenvalue weighted by atomic mass is 16.2. The van der Waals surface area contributed by atoms with Gasteiger partial charge in [-0.2, -0.15) is 0 Å². The van der Waals surface area contributed by atoms with E-state index in [1.807, 2.05) is 11.8 Å². The lowest BCUT2D eigenvalue weighted by atomic mass is 10.1. The average molecular weight is 233 g/mol. The van der Waals surface area contributed by atoms with E-state index in [4.69, 9.17) is 5.73 Å². The predicted molar refractivity (Wildman–Crippen MR) is 67.6 cm³/mol. The Bertz CT molecular complexity index is 399. The predicted octanol–water partition coefficient (Wildman–Crippen LogP) is 2.07. The van der Waals surface area contributed by atoms with Crippen LogP contribution in [0.25, 0.3) is 0 Å². The number of nitrogen functional groups attached to an aromatic ring is 1. The van der Waals surface area contributed by atoms with Gasteiger partial charge in [-0.1, -0.05) is 12.8 Å². The molecule has 1 aliphatic carbocycles. The molecule has 1 fully saturated rings. The quantitative estimate of drug-likeness (QED) is 0.869. The molecule has 92 valence electrons. The first kappa shape index (κ1) is 11.9. The van der Waals surface area contributed by atoms with E-state index in [0.29, 0.717) is 17.4 Å². The van der Waals surface area contributed by atoms with Crippen LogP contribution in [0.1, 0.15) is 43.0 Å². The molecule has 4 nitrogen and oxygen atoms in total. The smallest absolute Gasteiger partial charge is 0.257 e. The van der Waals surface area contributed by atoms with Crippen molar-refractivity contribution < 1.29 is 4.79 Å². The van der Waals surface area contributed by atoms with Gasteiger partial charge in [0.05, 0.1) is 5.56 Å². The maximum absolute atomic E-state index is 12.4. The fourth-order valence-corrected chi connectivity index (χ4v) is 2.54. The topological polar surface area (TPSA) is 59.2 Å². The number of hydrogen-bond donors (Lipinski definition) is 1. The number of rotatable bonds is 3. The van der Waals surface area contributed by atoms with Crippen molar-refractivity contribution in [2.75, 3.05) is 12.3 Å². The van der Waals surface area contributed by atoms with Crippen molar-refractivity contribution in [2.24, 2.45) is 0 Å². The molecule has 0 atom stereocenters. The summed E-state index contributed by atoms with van der Waals surface area (Å²) in [7, 11) is 0. The molecule has 0 radical (unpaired) electrons. The highest BCUT2D eigenvalue weighted by Gasteiger charge is 2.27. The molecular weight excluding hydrogens is 214 g/mol. The van der Waals surface area contributed by atoms with Crippen LogP contribution in [-0.4, -0.2) is 28.4 Å². The molecule has 1 amide bonds. The van der Waals surface area contributed by atoms with E-state index in [-0.39, 0.29) is 5.91 Å². The molecule has 17 heavy (non-hydrogen) atoms. The normalized spacial score (nSPS) is 16.1. The number of anilines is 1. The number of pyridine rings is 1. The molecule has 1 aliphatic rings. The molecule has 0 aliphatic heterocycles. The number of carbonyl (C=O) groups is 1. The van der Waals surface area contributed by atoms with E-state index in [0.717, 1.165) is 19.4 Å². The monoisotopic (exact) mass is 233 g/mol. The Morgan fingerprint density at radius 3 is 2.82 bits per heavy atom. The molecule has 1 aromatic heterocycles. The van der Waals surface area contributed by atoms with Crippen molar-refractivity contribution in [1.29, 1.82) is 0 Å². The Balaban J connectivity index is 2.20. The number of amides is 1. The minimum absolute atomic E-state index is 0.0185. The first-order valence-corrected chi connectivity index (χ1v) is 6.25. The minimum Gasteiger partial charge on any atom is -0.383 e. The molecule has 1 heterocycles. The summed E-state index contributed by atoms with van der Waals surface area (Å²) < 4.78 is 0. The van der Waals surface area contributed by atoms with Crippen LogP contribution in [0.3, 0.4) is 0 Å². The molecule has 1 aromatic rings. The zero-order valence-electron chi connectivity index (χ0n) is 10.2. The second-order valence-electron chi connectivity index (χ2n) is 4.47. The number of nitrogens with zero attached hydrogens (tertiary/aromatic N) is 2. The molecule has 2 rings (SSSR count). The number of carbonyl (C=O) groups excluding carboxylic acids is 1. The van der Waals surface area contributed by atoms with Crippen LogP contribution in [0.5, 0.6) is 0 Å². The lowest BCUT2D eigenvalue weighted by molar-refractivity contribution is 0.0694. The van der Waals surface area contributed by atoms with Crippen LogP contribution in [0.2, 0.25) is 0 Å². The Labute approximate surface area is 102 Å². The lowest BCUT2D eigenvalue weighted by Gasteiger charge is -2.27. The van der Waals surface area contributed by atoms with E-state index in [9.17, 15) is 4.79 Å². The molecule has 0 spiro atoms. The standard InChI is InChI=1S/C13H19N3O/c1-2-16(10-6-3-4-7-10)13(17)11-8-5-9-15-12(11)14/h5,8-10H,2-4,6-7H2,1H3,(H2,14,15). The Morgan fingerprint density at radius 1 is 1.53 bits per heavy atom. The summed E-state index contributed by atoms with van der Waals surface area (Å²) >= 11 is 0. The summed E-state index contributed by atoms with van der Waals surface area (Å²) in [5.74, 6) is 0.346. The number of hydrogen-bond acceptors (Lipinski definition) is 3. The van der Waals surface area contributed by atoms with Crippen molar-refractivity contribution in [1.82, 2.24) is 9.88 Å². The Morgan fingerprint density at radius 2 is 2.24 bits per heavy atom. The second kappa shape index (κ2) is 5.17. The van der Waals surface area contributed by atoms with Gasteiger partial charge in [0.2, 0.25) is 0 Å². The molecule has 0 aromatic carbocycles. The summed E-state index contributed by atoms with van der Waals surface area (Å²) in [5, 5.41) is 0. The van der Waals surface area contributed by atoms with Gasteiger partial charge in [0.25, 0.3) is 5.91 Å². The summed E-state index contributed by atoms with van der Waals surface area (Å²) in [6.07, 6.45) is 6.27. The van der Waals surface area contributed by atoms with Gasteiger partial charge in [-0.3, -0.25) is 4.79 Å². The maximum Gasteiger partial charge on any atom is 0.257 e. The average Bonchev–Trinajstić information content (AvgIpc) is 2.84. The van der Waals surface area contributed by atoms with Crippen molar-refractivity contribution in [2.45, 2.75) is 38.6 Å². The van der Waals surface area contributed by atoms with E-state index in [1.54, 1.807) is 18.3 Å². The maximum atomic E-state index is 12.4. The van der Waals surface area contributed by atoms with Gasteiger partial charge in [0.1, 0.15) is 5.82 Å². The van der Waals surface area contributed by atoms with Gasteiger partial charge in [-0.15, -0.1) is 0 Å². The van der Waals surface area contributed by atoms with Gasteiger partial charge < -0.3 is 10.6 Å². The highest BCUT2D eigenvalue weighted by Crippen LogP contribution is 2.25. The second-order valence-corrected chi connectivity index (χ2v) is 4.47. The van der Waals surface area contributed by atoms with Gasteiger partial charge in [-0.05, 0) is 31.9 Å². The third-order valence-corrected chi connectivity index (χ3v) is 3.44. The third kappa shape index (κ3) is 2.40. The van der Waals surface area contributed by atoms with Crippen molar-refractivity contribution >= 4 is 11.7 Å². The van der Waals surface area contributed by atoms with E-state index < -0.39 is 0 Å². The summed E-state index contributed by atoms with van der Waals surface area (Å²) in [5.41, 5.74) is 6.28. The fourth-order valence-electron chi connectivity index (χ4n) is 2.54. The van der Waals surface area contributed by atoms with Crippen LogP contribution >= 0.6 is 0 Å². The number of nitrogens with two attached hydrogens (primary N) is 1. The van der Waals surface area contributed by atoms with E-state index >= 15 is 0 Å². The van der Waals surface area contributed by atoms with Gasteiger partial charge in [0.15, 0.2) is 0 Å². The molecular formula is C13H19N3O.